The normalized spacial score (nSPS) is 18.1. The van der Waals surface area contributed by atoms with Crippen LogP contribution in [0.1, 0.15) is 26.5 Å². The highest BCUT2D eigenvalue weighted by molar-refractivity contribution is 7.45. The number of nitrogens with one attached hydrogen (secondary N) is 1. The van der Waals surface area contributed by atoms with Gasteiger partial charge in [-0.25, -0.2) is 27.4 Å². The zero-order valence-electron chi connectivity index (χ0n) is 22.7. The second-order valence-corrected chi connectivity index (χ2v) is 9.96. The van der Waals surface area contributed by atoms with Crippen molar-refractivity contribution in [2.45, 2.75) is 44.6 Å². The topological polar surface area (TPSA) is 127 Å². The van der Waals surface area contributed by atoms with E-state index in [0.717, 1.165) is 17.0 Å². The highest BCUT2D eigenvalue weighted by Gasteiger charge is 2.52. The van der Waals surface area contributed by atoms with E-state index in [9.17, 15) is 27.2 Å². The van der Waals surface area contributed by atoms with Gasteiger partial charge in [-0.1, -0.05) is 30.3 Å². The number of nitrogens with two attached hydrogens (primary N) is 1. The van der Waals surface area contributed by atoms with Crippen LogP contribution in [0.15, 0.2) is 59.5 Å². The number of carbonyl (C=O) groups excluding carboxylic acids is 1. The second kappa shape index (κ2) is 16.9. The molecule has 4 rings (SSSR count). The molecule has 0 bridgehead atoms. The van der Waals surface area contributed by atoms with Crippen molar-refractivity contribution in [3.63, 3.8) is 0 Å². The van der Waals surface area contributed by atoms with Crippen molar-refractivity contribution in [3.05, 3.63) is 65.2 Å². The third-order valence-corrected chi connectivity index (χ3v) is 6.55. The van der Waals surface area contributed by atoms with Crippen LogP contribution in [0.5, 0.6) is 5.75 Å². The lowest BCUT2D eigenvalue weighted by molar-refractivity contribution is -0.119. The summed E-state index contributed by atoms with van der Waals surface area (Å²) >= 11 is 0. The lowest BCUT2D eigenvalue weighted by atomic mass is 10.1. The van der Waals surface area contributed by atoms with Crippen LogP contribution in [0.3, 0.4) is 0 Å². The van der Waals surface area contributed by atoms with Gasteiger partial charge in [-0.3, -0.25) is 4.57 Å². The van der Waals surface area contributed by atoms with Gasteiger partial charge in [0.15, 0.2) is 0 Å². The summed E-state index contributed by atoms with van der Waals surface area (Å²) in [7, 11) is -0.129. The minimum Gasteiger partial charge on any atom is -0.436 e. The fourth-order valence-electron chi connectivity index (χ4n) is 3.39. The number of fused-ring (bicyclic) bond motifs is 1. The summed E-state index contributed by atoms with van der Waals surface area (Å²) < 4.78 is 70.7. The maximum absolute atomic E-state index is 14.6. The molecule has 15 heteroatoms. The van der Waals surface area contributed by atoms with Crippen LogP contribution in [0.25, 0.3) is 10.8 Å². The van der Waals surface area contributed by atoms with Gasteiger partial charge in [0.25, 0.3) is 5.92 Å². The van der Waals surface area contributed by atoms with Gasteiger partial charge in [-0.2, -0.15) is 4.98 Å². The number of aromatic nitrogens is 2. The van der Waals surface area contributed by atoms with E-state index in [0.29, 0.717) is 22.7 Å². The van der Waals surface area contributed by atoms with Gasteiger partial charge in [0.2, 0.25) is 13.2 Å². The molecule has 0 radical (unpaired) electrons. The van der Waals surface area contributed by atoms with Gasteiger partial charge >= 0.3 is 14.2 Å². The Morgan fingerprint density at radius 2 is 1.88 bits per heavy atom. The predicted molar refractivity (Wildman–Crippen MR) is 147 cm³/mol. The highest BCUT2D eigenvalue weighted by atomic mass is 31.2. The summed E-state index contributed by atoms with van der Waals surface area (Å²) in [6, 6.07) is 14.4. The molecule has 1 fully saturated rings. The Bertz CT molecular complexity index is 1290. The molecule has 2 aromatic carbocycles. The number of aldehydes is 1. The molecule has 41 heavy (non-hydrogen) atoms. The lowest BCUT2D eigenvalue weighted by Crippen LogP contribution is -2.35. The van der Waals surface area contributed by atoms with Crippen molar-refractivity contribution < 1.29 is 40.9 Å². The number of benzene rings is 2. The summed E-state index contributed by atoms with van der Waals surface area (Å²) in [5.41, 5.74) is 4.49. The molecular formula is C26H33F4N4O6P. The Hall–Kier alpha value is -3.16. The summed E-state index contributed by atoms with van der Waals surface area (Å²) in [6.07, 6.45) is -1.37. The molecule has 3 atom stereocenters. The van der Waals surface area contributed by atoms with Gasteiger partial charge in [-0.05, 0) is 42.8 Å². The molecule has 1 aromatic heterocycles. The largest absolute Gasteiger partial charge is 0.436 e. The van der Waals surface area contributed by atoms with Gasteiger partial charge < -0.3 is 29.0 Å². The fraction of sp³-hybridized carbons (Fsp3) is 0.423. The SMILES string of the molecule is COC(C)C.FCF.Nc1ccn(C2OC(COP(NCC=O)Oc3ccc4ccccc4c3)CC2(F)F)c(=O)n1. The van der Waals surface area contributed by atoms with Crippen LogP contribution in [-0.2, 0) is 18.8 Å². The van der Waals surface area contributed by atoms with Crippen LogP contribution in [0.2, 0.25) is 0 Å². The van der Waals surface area contributed by atoms with E-state index in [1.165, 1.54) is 6.07 Å². The Balaban J connectivity index is 0.000000653. The number of ether oxygens (including phenoxy) is 2. The molecule has 226 valence electrons. The first-order chi connectivity index (χ1) is 19.5. The molecule has 3 aromatic rings. The molecule has 1 aliphatic heterocycles. The number of alkyl halides is 4. The van der Waals surface area contributed by atoms with Crippen LogP contribution in [-0.4, -0.2) is 61.2 Å². The first-order valence-corrected chi connectivity index (χ1v) is 13.5. The van der Waals surface area contributed by atoms with E-state index in [4.69, 9.17) is 24.3 Å². The summed E-state index contributed by atoms with van der Waals surface area (Å²) in [4.78, 5) is 26.2. The molecule has 3 N–H and O–H groups in total. The second-order valence-electron chi connectivity index (χ2n) is 8.69. The lowest BCUT2D eigenvalue weighted by Gasteiger charge is -2.20. The number of methoxy groups -OCH3 is 1. The van der Waals surface area contributed by atoms with Gasteiger partial charge in [-0.15, -0.1) is 0 Å². The maximum Gasteiger partial charge on any atom is 0.351 e. The number of carbonyl (C=O) groups is 1. The molecule has 0 spiro atoms. The number of halogens is 4. The zero-order valence-corrected chi connectivity index (χ0v) is 23.6. The number of hydrogen-bond acceptors (Lipinski definition) is 9. The summed E-state index contributed by atoms with van der Waals surface area (Å²) in [5, 5.41) is 4.77. The molecule has 0 amide bonds. The number of anilines is 1. The molecule has 0 aliphatic carbocycles. The first kappa shape index (κ1) is 34.0. The van der Waals surface area contributed by atoms with Crippen molar-refractivity contribution in [1.82, 2.24) is 14.6 Å². The number of nitrogens with zero attached hydrogens (tertiary/aromatic N) is 2. The van der Waals surface area contributed by atoms with Crippen molar-refractivity contribution in [3.8, 4) is 5.75 Å². The third-order valence-electron chi connectivity index (χ3n) is 5.35. The molecule has 0 saturated carbocycles. The first-order valence-electron chi connectivity index (χ1n) is 12.3. The summed E-state index contributed by atoms with van der Waals surface area (Å²) in [5.74, 6) is -2.91. The molecular weight excluding hydrogens is 571 g/mol. The highest BCUT2D eigenvalue weighted by Crippen LogP contribution is 2.44. The Kier molecular flexibility index (Phi) is 14.1. The van der Waals surface area contributed by atoms with E-state index in [1.807, 2.05) is 50.2 Å². The van der Waals surface area contributed by atoms with Crippen molar-refractivity contribution >= 4 is 31.4 Å². The van der Waals surface area contributed by atoms with E-state index in [1.54, 1.807) is 13.2 Å². The molecule has 2 heterocycles. The van der Waals surface area contributed by atoms with E-state index in [2.05, 4.69) is 10.1 Å². The van der Waals surface area contributed by atoms with Gasteiger partial charge in [0.1, 0.15) is 17.9 Å². The van der Waals surface area contributed by atoms with E-state index in [-0.39, 0.29) is 19.0 Å². The standard InChI is InChI=1S/C21H21F2N4O5P.C4H10O.CH2F2/c22-21(23)12-17(31-19(21)27-9-7-18(24)26-20(27)29)13-30-33(25-8-10-28)32-16-6-5-14-3-1-2-4-15(14)11-16;1-4(2)5-3;2-1-3/h1-7,9-11,17,19,25H,8,12-13H2,(H2,24,26,29);4H,1-3H3;1H2. The molecule has 10 nitrogen and oxygen atoms in total. The van der Waals surface area contributed by atoms with Crippen molar-refractivity contribution in [2.24, 2.45) is 0 Å². The Morgan fingerprint density at radius 3 is 2.49 bits per heavy atom. The quantitative estimate of drug-likeness (QED) is 0.188. The Labute approximate surface area is 235 Å². The third kappa shape index (κ3) is 11.0. The van der Waals surface area contributed by atoms with E-state index >= 15 is 0 Å². The minimum absolute atomic E-state index is 0.0455. The van der Waals surface area contributed by atoms with Crippen LogP contribution < -0.4 is 21.0 Å². The minimum atomic E-state index is -3.33. The summed E-state index contributed by atoms with van der Waals surface area (Å²) in [6.45, 7) is 1.96. The van der Waals surface area contributed by atoms with E-state index < -0.39 is 45.8 Å². The zero-order chi connectivity index (χ0) is 30.4. The number of rotatable bonds is 10. The van der Waals surface area contributed by atoms with Crippen LogP contribution in [0.4, 0.5) is 23.4 Å². The van der Waals surface area contributed by atoms with Gasteiger partial charge in [0, 0.05) is 19.7 Å². The van der Waals surface area contributed by atoms with Gasteiger partial charge in [0.05, 0.1) is 25.4 Å². The number of nitrogen functional groups attached to an aromatic ring is 1. The Morgan fingerprint density at radius 1 is 1.22 bits per heavy atom. The predicted octanol–water partition coefficient (Wildman–Crippen LogP) is 4.94. The maximum atomic E-state index is 14.6. The van der Waals surface area contributed by atoms with Crippen LogP contribution in [0, 0.1) is 0 Å². The average Bonchev–Trinajstić information content (AvgIpc) is 3.24. The fourth-order valence-corrected chi connectivity index (χ4v) is 4.43. The van der Waals surface area contributed by atoms with Crippen molar-refractivity contribution in [1.29, 1.82) is 0 Å². The molecule has 1 aliphatic rings. The monoisotopic (exact) mass is 604 g/mol. The number of hydrogen-bond donors (Lipinski definition) is 2. The molecule has 3 unspecified atom stereocenters. The molecule has 1 saturated heterocycles. The van der Waals surface area contributed by atoms with Crippen LogP contribution >= 0.6 is 8.53 Å². The smallest absolute Gasteiger partial charge is 0.351 e. The van der Waals surface area contributed by atoms with Crippen molar-refractivity contribution in [2.75, 3.05) is 32.9 Å². The average molecular weight is 605 g/mol.